The summed E-state index contributed by atoms with van der Waals surface area (Å²) >= 11 is 6.35. The number of H-pyrrole nitrogens is 1. The molecule has 38 heavy (non-hydrogen) atoms. The van der Waals surface area contributed by atoms with Gasteiger partial charge in [-0.25, -0.2) is 5.01 Å². The van der Waals surface area contributed by atoms with Crippen LogP contribution in [0, 0.1) is 0 Å². The van der Waals surface area contributed by atoms with Gasteiger partial charge in [0.05, 0.1) is 30.8 Å². The van der Waals surface area contributed by atoms with E-state index in [1.54, 1.807) is 37.4 Å². The zero-order valence-electron chi connectivity index (χ0n) is 20.5. The number of carboxylic acid groups (broad SMARTS) is 1. The smallest absolute Gasteiger partial charge is 0.303 e. The van der Waals surface area contributed by atoms with E-state index in [2.05, 4.69) is 10.1 Å². The summed E-state index contributed by atoms with van der Waals surface area (Å²) in [5.74, 6) is -0.854. The van der Waals surface area contributed by atoms with Crippen LogP contribution < -0.4 is 10.3 Å². The number of hydrogen-bond donors (Lipinski definition) is 2. The van der Waals surface area contributed by atoms with Crippen molar-refractivity contribution in [1.82, 2.24) is 9.99 Å². The average Bonchev–Trinajstić information content (AvgIpc) is 3.37. The lowest BCUT2D eigenvalue weighted by Crippen LogP contribution is -2.27. The zero-order valence-corrected chi connectivity index (χ0v) is 21.2. The lowest BCUT2D eigenvalue weighted by atomic mass is 9.91. The monoisotopic (exact) mass is 529 g/mol. The third-order valence-corrected chi connectivity index (χ3v) is 6.78. The SMILES string of the molecule is COc1ccc([C@@H]2CC(c3c(-c4ccccc4)c4cc(Cl)ccc4[nH]c3=O)=NN2C(=O)CCC(=O)O)cc1. The van der Waals surface area contributed by atoms with Crippen LogP contribution in [0.1, 0.15) is 36.4 Å². The van der Waals surface area contributed by atoms with Crippen molar-refractivity contribution in [3.8, 4) is 16.9 Å². The van der Waals surface area contributed by atoms with Crippen LogP contribution in [-0.2, 0) is 9.59 Å². The van der Waals surface area contributed by atoms with Crippen LogP contribution in [0.5, 0.6) is 5.75 Å². The molecule has 0 fully saturated rings. The predicted octanol–water partition coefficient (Wildman–Crippen LogP) is 5.40. The lowest BCUT2D eigenvalue weighted by molar-refractivity contribution is -0.141. The number of hydrogen-bond acceptors (Lipinski definition) is 5. The third kappa shape index (κ3) is 4.90. The van der Waals surface area contributed by atoms with E-state index in [9.17, 15) is 14.4 Å². The Balaban J connectivity index is 1.68. The van der Waals surface area contributed by atoms with Gasteiger partial charge in [-0.1, -0.05) is 54.1 Å². The Hall–Kier alpha value is -4.43. The van der Waals surface area contributed by atoms with Crippen molar-refractivity contribution >= 4 is 40.1 Å². The number of amides is 1. The van der Waals surface area contributed by atoms with Crippen molar-refractivity contribution in [2.24, 2.45) is 5.10 Å². The highest BCUT2D eigenvalue weighted by molar-refractivity contribution is 6.31. The maximum absolute atomic E-state index is 13.6. The van der Waals surface area contributed by atoms with Crippen molar-refractivity contribution in [2.75, 3.05) is 7.11 Å². The molecule has 9 heteroatoms. The van der Waals surface area contributed by atoms with Crippen LogP contribution in [-0.4, -0.2) is 39.8 Å². The van der Waals surface area contributed by atoms with Crippen LogP contribution in [0.2, 0.25) is 5.02 Å². The summed E-state index contributed by atoms with van der Waals surface area (Å²) in [6.45, 7) is 0. The molecule has 2 N–H and O–H groups in total. The summed E-state index contributed by atoms with van der Waals surface area (Å²) in [7, 11) is 1.57. The minimum absolute atomic E-state index is 0.214. The maximum atomic E-state index is 13.6. The van der Waals surface area contributed by atoms with Crippen LogP contribution in [0.25, 0.3) is 22.0 Å². The normalized spacial score (nSPS) is 14.9. The number of fused-ring (bicyclic) bond motifs is 1. The van der Waals surface area contributed by atoms with Crippen molar-refractivity contribution < 1.29 is 19.4 Å². The highest BCUT2D eigenvalue weighted by atomic mass is 35.5. The fraction of sp³-hybridized carbons (Fsp3) is 0.172. The van der Waals surface area contributed by atoms with Crippen LogP contribution in [0.4, 0.5) is 0 Å². The number of aliphatic carboxylic acids is 1. The number of halogens is 1. The molecule has 1 atom stereocenters. The number of nitrogens with one attached hydrogen (secondary N) is 1. The summed E-state index contributed by atoms with van der Waals surface area (Å²) < 4.78 is 5.26. The molecule has 0 saturated carbocycles. The molecule has 0 unspecified atom stereocenters. The molecule has 0 radical (unpaired) electrons. The summed E-state index contributed by atoms with van der Waals surface area (Å²) in [5, 5.41) is 16.3. The molecule has 1 aliphatic rings. The minimum Gasteiger partial charge on any atom is -0.497 e. The van der Waals surface area contributed by atoms with Crippen molar-refractivity contribution in [2.45, 2.75) is 25.3 Å². The van der Waals surface area contributed by atoms with Gasteiger partial charge in [-0.3, -0.25) is 14.4 Å². The second kappa shape index (κ2) is 10.5. The van der Waals surface area contributed by atoms with Crippen LogP contribution in [0.3, 0.4) is 0 Å². The Morgan fingerprint density at radius 1 is 1.05 bits per heavy atom. The van der Waals surface area contributed by atoms with Crippen molar-refractivity contribution in [1.29, 1.82) is 0 Å². The molecule has 0 spiro atoms. The molecule has 192 valence electrons. The standard InChI is InChI=1S/C29H24ClN3O5/c1-38-20-10-7-17(8-11-20)24-16-23(32-33(24)25(34)13-14-26(35)36)28-27(18-5-3-2-4-6-18)21-15-19(30)9-12-22(21)31-29(28)37/h2-12,15,24H,13-14,16H2,1H3,(H,31,37)(H,35,36)/t24-/m0/s1. The second-order valence-electron chi connectivity index (χ2n) is 8.93. The van der Waals surface area contributed by atoms with Gasteiger partial charge in [0, 0.05) is 34.3 Å². The number of aromatic nitrogens is 1. The van der Waals surface area contributed by atoms with E-state index in [0.29, 0.717) is 33.1 Å². The molecule has 0 bridgehead atoms. The first-order chi connectivity index (χ1) is 18.4. The Bertz CT molecular complexity index is 1610. The summed E-state index contributed by atoms with van der Waals surface area (Å²) in [6.07, 6.45) is -0.270. The fourth-order valence-electron chi connectivity index (χ4n) is 4.75. The minimum atomic E-state index is -1.07. The van der Waals surface area contributed by atoms with Gasteiger partial charge in [0.25, 0.3) is 5.56 Å². The number of pyridine rings is 1. The number of rotatable bonds is 7. The van der Waals surface area contributed by atoms with Crippen LogP contribution in [0.15, 0.2) is 82.7 Å². The molecule has 0 aliphatic carbocycles. The van der Waals surface area contributed by atoms with Gasteiger partial charge in [0.1, 0.15) is 5.75 Å². The topological polar surface area (TPSA) is 112 Å². The quantitative estimate of drug-likeness (QED) is 0.333. The Labute approximate surface area is 223 Å². The number of methoxy groups -OCH3 is 1. The highest BCUT2D eigenvalue weighted by Crippen LogP contribution is 2.38. The number of carbonyl (C=O) groups excluding carboxylic acids is 1. The molecule has 8 nitrogen and oxygen atoms in total. The molecular formula is C29H24ClN3O5. The van der Waals surface area contributed by atoms with Crippen molar-refractivity contribution in [3.05, 3.63) is 99.3 Å². The first kappa shape index (κ1) is 25.2. The fourth-order valence-corrected chi connectivity index (χ4v) is 4.92. The molecule has 2 heterocycles. The molecule has 3 aromatic carbocycles. The number of carbonyl (C=O) groups is 2. The predicted molar refractivity (Wildman–Crippen MR) is 146 cm³/mol. The summed E-state index contributed by atoms with van der Waals surface area (Å²) in [6, 6.07) is 21.5. The Morgan fingerprint density at radius 3 is 2.47 bits per heavy atom. The van der Waals surface area contributed by atoms with E-state index in [-0.39, 0.29) is 24.8 Å². The van der Waals surface area contributed by atoms with Gasteiger partial charge in [0.15, 0.2) is 0 Å². The van der Waals surface area contributed by atoms with E-state index < -0.39 is 17.9 Å². The lowest BCUT2D eigenvalue weighted by Gasteiger charge is -2.22. The maximum Gasteiger partial charge on any atom is 0.303 e. The molecule has 4 aromatic rings. The van der Waals surface area contributed by atoms with Gasteiger partial charge in [-0.05, 0) is 41.5 Å². The number of nitrogens with zero attached hydrogens (tertiary/aromatic N) is 2. The third-order valence-electron chi connectivity index (χ3n) is 6.55. The zero-order chi connectivity index (χ0) is 26.8. The summed E-state index contributed by atoms with van der Waals surface area (Å²) in [5.41, 5.74) is 3.32. The molecule has 5 rings (SSSR count). The van der Waals surface area contributed by atoms with E-state index in [1.807, 2.05) is 42.5 Å². The number of carboxylic acids is 1. The highest BCUT2D eigenvalue weighted by Gasteiger charge is 2.35. The second-order valence-corrected chi connectivity index (χ2v) is 9.37. The molecule has 1 amide bonds. The van der Waals surface area contributed by atoms with E-state index >= 15 is 0 Å². The number of ether oxygens (including phenoxy) is 1. The molecule has 1 aromatic heterocycles. The number of hydrazone groups is 1. The largest absolute Gasteiger partial charge is 0.497 e. The van der Waals surface area contributed by atoms with E-state index in [1.165, 1.54) is 5.01 Å². The first-order valence-corrected chi connectivity index (χ1v) is 12.4. The Kier molecular flexibility index (Phi) is 6.98. The van der Waals surface area contributed by atoms with Gasteiger partial charge < -0.3 is 14.8 Å². The van der Waals surface area contributed by atoms with E-state index in [0.717, 1.165) is 16.5 Å². The van der Waals surface area contributed by atoms with Gasteiger partial charge >= 0.3 is 5.97 Å². The van der Waals surface area contributed by atoms with Crippen molar-refractivity contribution in [3.63, 3.8) is 0 Å². The van der Waals surface area contributed by atoms with Gasteiger partial charge in [-0.15, -0.1) is 0 Å². The number of aromatic amines is 1. The first-order valence-electron chi connectivity index (χ1n) is 12.0. The van der Waals surface area contributed by atoms with Crippen LogP contribution >= 0.6 is 11.6 Å². The average molecular weight is 530 g/mol. The van der Waals surface area contributed by atoms with Gasteiger partial charge in [0.2, 0.25) is 5.91 Å². The van der Waals surface area contributed by atoms with E-state index in [4.69, 9.17) is 21.4 Å². The van der Waals surface area contributed by atoms with Gasteiger partial charge in [-0.2, -0.15) is 5.10 Å². The molecule has 0 saturated heterocycles. The number of benzene rings is 3. The Morgan fingerprint density at radius 2 is 1.79 bits per heavy atom. The molecular weight excluding hydrogens is 506 g/mol. The molecule has 1 aliphatic heterocycles. The summed E-state index contributed by atoms with van der Waals surface area (Å²) in [4.78, 5) is 40.8.